The third-order valence-electron chi connectivity index (χ3n) is 3.19. The molecule has 1 aromatic heterocycles. The fourth-order valence-electron chi connectivity index (χ4n) is 2.31. The molecule has 2 aliphatic rings. The highest BCUT2D eigenvalue weighted by Crippen LogP contribution is 2.24. The zero-order valence-corrected chi connectivity index (χ0v) is 9.33. The van der Waals surface area contributed by atoms with Gasteiger partial charge in [-0.25, -0.2) is 4.79 Å². The number of fused-ring (bicyclic) bond motifs is 4. The van der Waals surface area contributed by atoms with Crippen LogP contribution in [0.15, 0.2) is 58.1 Å². The molecule has 0 N–H and O–H groups in total. The van der Waals surface area contributed by atoms with Gasteiger partial charge in [0.1, 0.15) is 11.3 Å². The second-order valence-corrected chi connectivity index (χ2v) is 4.24. The minimum atomic E-state index is -0.396. The molecule has 4 rings (SSSR count). The average Bonchev–Trinajstić information content (AvgIpc) is 2.78. The van der Waals surface area contributed by atoms with Crippen molar-refractivity contribution in [3.8, 4) is 11.3 Å². The molecule has 86 valence electrons. The Hall–Kier alpha value is -2.62. The molecule has 0 atom stereocenters. The number of nitrogens with zero attached hydrogens (tertiary/aromatic N) is 2. The number of hydrogen-bond donors (Lipinski definition) is 0. The topological polar surface area (TPSA) is 47.5 Å². The third kappa shape index (κ3) is 1.14. The number of pyridine rings is 2. The second kappa shape index (κ2) is 3.20. The van der Waals surface area contributed by atoms with Gasteiger partial charge in [0.15, 0.2) is 0 Å². The predicted molar refractivity (Wildman–Crippen MR) is 67.9 cm³/mol. The van der Waals surface area contributed by atoms with Crippen LogP contribution in [-0.2, 0) is 0 Å². The molecule has 3 heterocycles. The summed E-state index contributed by atoms with van der Waals surface area (Å²) in [5.74, 6) is 0. The van der Waals surface area contributed by atoms with Crippen molar-refractivity contribution < 1.29 is 4.52 Å². The quantitative estimate of drug-likeness (QED) is 0.441. The third-order valence-corrected chi connectivity index (χ3v) is 3.19. The van der Waals surface area contributed by atoms with Gasteiger partial charge in [-0.15, -0.1) is 0 Å². The molecule has 0 bridgehead atoms. The summed E-state index contributed by atoms with van der Waals surface area (Å²) in [6, 6.07) is 12.0. The number of aromatic nitrogens is 2. The largest absolute Gasteiger partial charge is 0.369 e. The molecule has 0 radical (unpaired) electrons. The molecule has 0 aliphatic carbocycles. The van der Waals surface area contributed by atoms with Crippen molar-refractivity contribution >= 4 is 16.3 Å². The molecule has 1 aromatic carbocycles. The maximum Gasteiger partial charge on any atom is 0.369 e. The van der Waals surface area contributed by atoms with Gasteiger partial charge in [-0.3, -0.25) is 0 Å². The Kier molecular flexibility index (Phi) is 1.67. The summed E-state index contributed by atoms with van der Waals surface area (Å²) in [7, 11) is 0. The monoisotopic (exact) mass is 236 g/mol. The molecule has 0 amide bonds. The Morgan fingerprint density at radius 1 is 1.17 bits per heavy atom. The summed E-state index contributed by atoms with van der Waals surface area (Å²) in [6.07, 6.45) is 3.69. The van der Waals surface area contributed by atoms with Crippen LogP contribution in [0.3, 0.4) is 0 Å². The number of hydrogen-bond acceptors (Lipinski definition) is 3. The molecule has 0 saturated heterocycles. The van der Waals surface area contributed by atoms with E-state index in [4.69, 9.17) is 0 Å². The van der Waals surface area contributed by atoms with Crippen molar-refractivity contribution in [2.75, 3.05) is 0 Å². The van der Waals surface area contributed by atoms with Crippen LogP contribution in [-0.4, -0.2) is 9.56 Å². The molecule has 0 spiro atoms. The minimum absolute atomic E-state index is 0.396. The molecule has 0 fully saturated rings. The van der Waals surface area contributed by atoms with Crippen molar-refractivity contribution in [3.05, 3.63) is 59.2 Å². The predicted octanol–water partition coefficient (Wildman–Crippen LogP) is 2.55. The number of rotatable bonds is 0. The molecule has 2 aromatic rings. The first-order chi connectivity index (χ1) is 8.83. The summed E-state index contributed by atoms with van der Waals surface area (Å²) >= 11 is 0. The molecular weight excluding hydrogens is 228 g/mol. The highest BCUT2D eigenvalue weighted by atomic mass is 16.5. The summed E-state index contributed by atoms with van der Waals surface area (Å²) in [5, 5.41) is 6.05. The van der Waals surface area contributed by atoms with Gasteiger partial charge in [0.2, 0.25) is 0 Å². The zero-order chi connectivity index (χ0) is 12.1. The Morgan fingerprint density at radius 2 is 2.06 bits per heavy atom. The van der Waals surface area contributed by atoms with E-state index in [0.29, 0.717) is 11.3 Å². The van der Waals surface area contributed by atoms with Crippen LogP contribution in [0.2, 0.25) is 0 Å². The normalized spacial score (nSPS) is 11.6. The fourth-order valence-corrected chi connectivity index (χ4v) is 2.31. The Balaban J connectivity index is 2.29. The Morgan fingerprint density at radius 3 is 3.00 bits per heavy atom. The van der Waals surface area contributed by atoms with Crippen LogP contribution >= 0.6 is 0 Å². The van der Waals surface area contributed by atoms with E-state index in [9.17, 15) is 4.79 Å². The summed E-state index contributed by atoms with van der Waals surface area (Å²) in [4.78, 5) is 11.4. The molecule has 4 nitrogen and oxygen atoms in total. The molecular formula is C14H8N2O2. The van der Waals surface area contributed by atoms with E-state index in [1.807, 2.05) is 34.9 Å². The summed E-state index contributed by atoms with van der Waals surface area (Å²) in [6.45, 7) is 0. The zero-order valence-electron chi connectivity index (χ0n) is 9.33. The van der Waals surface area contributed by atoms with Crippen molar-refractivity contribution in [1.29, 1.82) is 0 Å². The van der Waals surface area contributed by atoms with Gasteiger partial charge in [0, 0.05) is 17.8 Å². The first-order valence-electron chi connectivity index (χ1n) is 5.62. The van der Waals surface area contributed by atoms with Gasteiger partial charge >= 0.3 is 5.63 Å². The van der Waals surface area contributed by atoms with E-state index >= 15 is 0 Å². The van der Waals surface area contributed by atoms with Crippen molar-refractivity contribution in [2.24, 2.45) is 0 Å². The standard InChI is InChI=1S/C14H8N2O2/c17-14-11-8-16-6-5-9-3-1-2-4-10(9)13(16)7-12(11)15-18-14/h1-8H. The Bertz CT molecular complexity index is 904. The van der Waals surface area contributed by atoms with E-state index in [2.05, 4.69) is 21.8 Å². The van der Waals surface area contributed by atoms with Crippen molar-refractivity contribution in [3.63, 3.8) is 0 Å². The van der Waals surface area contributed by atoms with Crippen molar-refractivity contribution in [1.82, 2.24) is 9.56 Å². The van der Waals surface area contributed by atoms with E-state index in [1.165, 1.54) is 0 Å². The first kappa shape index (κ1) is 9.41. The van der Waals surface area contributed by atoms with Gasteiger partial charge in [-0.1, -0.05) is 29.4 Å². The van der Waals surface area contributed by atoms with Crippen LogP contribution in [0.4, 0.5) is 0 Å². The lowest BCUT2D eigenvalue weighted by atomic mass is 10.1. The van der Waals surface area contributed by atoms with Crippen LogP contribution < -0.4 is 5.63 Å². The Labute approximate surface area is 101 Å². The van der Waals surface area contributed by atoms with Gasteiger partial charge < -0.3 is 8.92 Å². The van der Waals surface area contributed by atoms with E-state index < -0.39 is 5.63 Å². The average molecular weight is 236 g/mol. The SMILES string of the molecule is O=c1onc2cc3c4ccccc4ccn3cc1-2. The van der Waals surface area contributed by atoms with E-state index in [-0.39, 0.29) is 0 Å². The van der Waals surface area contributed by atoms with Gasteiger partial charge in [0.05, 0.1) is 5.52 Å². The summed E-state index contributed by atoms with van der Waals surface area (Å²) < 4.78 is 6.60. The van der Waals surface area contributed by atoms with Crippen LogP contribution in [0.5, 0.6) is 0 Å². The maximum absolute atomic E-state index is 11.4. The molecule has 0 unspecified atom stereocenters. The lowest BCUT2D eigenvalue weighted by Crippen LogP contribution is -1.99. The maximum atomic E-state index is 11.4. The van der Waals surface area contributed by atoms with Gasteiger partial charge in [-0.2, -0.15) is 0 Å². The van der Waals surface area contributed by atoms with Gasteiger partial charge in [-0.05, 0) is 17.5 Å². The van der Waals surface area contributed by atoms with Crippen molar-refractivity contribution in [2.45, 2.75) is 0 Å². The second-order valence-electron chi connectivity index (χ2n) is 4.24. The fraction of sp³-hybridized carbons (Fsp3) is 0. The first-order valence-corrected chi connectivity index (χ1v) is 5.62. The van der Waals surface area contributed by atoms with Crippen LogP contribution in [0.25, 0.3) is 27.5 Å². The van der Waals surface area contributed by atoms with E-state index in [0.717, 1.165) is 16.3 Å². The minimum Gasteiger partial charge on any atom is -0.322 e. The molecule has 18 heavy (non-hydrogen) atoms. The summed E-state index contributed by atoms with van der Waals surface area (Å²) in [5.41, 5.74) is 1.71. The van der Waals surface area contributed by atoms with Crippen LogP contribution in [0, 0.1) is 0 Å². The molecule has 0 saturated carbocycles. The smallest absolute Gasteiger partial charge is 0.322 e. The highest BCUT2D eigenvalue weighted by molar-refractivity contribution is 5.96. The lowest BCUT2D eigenvalue weighted by Gasteiger charge is -2.07. The molecule has 2 aliphatic heterocycles. The van der Waals surface area contributed by atoms with Gasteiger partial charge in [0.25, 0.3) is 0 Å². The van der Waals surface area contributed by atoms with Crippen LogP contribution in [0.1, 0.15) is 0 Å². The number of benzene rings is 1. The molecule has 4 heteroatoms. The lowest BCUT2D eigenvalue weighted by molar-refractivity contribution is 0.397. The highest BCUT2D eigenvalue weighted by Gasteiger charge is 2.14. The van der Waals surface area contributed by atoms with E-state index in [1.54, 1.807) is 6.20 Å².